The largest absolute Gasteiger partial charge is 0.497 e. The number of Topliss-reactive ketones (excluding diaryl/α,β-unsaturated/α-hetero) is 1. The standard InChI is InChI=1S/C16H21NO4/c1-16(2,3)21-15(19)17-10-9-13(18)14(17)11-5-7-12(20-4)8-6-11/h5-8,14H,9-10H2,1-4H3. The number of ether oxygens (including phenoxy) is 2. The van der Waals surface area contributed by atoms with Crippen molar-refractivity contribution in [2.75, 3.05) is 13.7 Å². The number of hydrogen-bond acceptors (Lipinski definition) is 4. The summed E-state index contributed by atoms with van der Waals surface area (Å²) in [5.74, 6) is 0.749. The Balaban J connectivity index is 2.22. The van der Waals surface area contributed by atoms with Gasteiger partial charge < -0.3 is 9.47 Å². The van der Waals surface area contributed by atoms with Gasteiger partial charge in [-0.05, 0) is 38.5 Å². The second kappa shape index (κ2) is 5.76. The van der Waals surface area contributed by atoms with Gasteiger partial charge in [0.15, 0.2) is 5.78 Å². The molecule has 21 heavy (non-hydrogen) atoms. The normalized spacial score (nSPS) is 18.8. The fraction of sp³-hybridized carbons (Fsp3) is 0.500. The lowest BCUT2D eigenvalue weighted by Crippen LogP contribution is -2.37. The van der Waals surface area contributed by atoms with Crippen LogP contribution in [-0.4, -0.2) is 36.0 Å². The SMILES string of the molecule is COc1ccc(C2C(=O)CCN2C(=O)OC(C)(C)C)cc1. The molecule has 1 saturated heterocycles. The van der Waals surface area contributed by atoms with Crippen LogP contribution in [0.15, 0.2) is 24.3 Å². The van der Waals surface area contributed by atoms with E-state index in [-0.39, 0.29) is 5.78 Å². The summed E-state index contributed by atoms with van der Waals surface area (Å²) in [6.45, 7) is 5.83. The molecule has 0 bridgehead atoms. The van der Waals surface area contributed by atoms with E-state index >= 15 is 0 Å². The van der Waals surface area contributed by atoms with E-state index in [1.807, 2.05) is 32.9 Å². The Bertz CT molecular complexity index is 530. The maximum atomic E-state index is 12.2. The van der Waals surface area contributed by atoms with Crippen LogP contribution in [0.4, 0.5) is 4.79 Å². The molecule has 1 aromatic rings. The number of carbonyl (C=O) groups excluding carboxylic acids is 2. The predicted molar refractivity (Wildman–Crippen MR) is 78.3 cm³/mol. The zero-order valence-electron chi connectivity index (χ0n) is 12.9. The van der Waals surface area contributed by atoms with Crippen LogP contribution in [0.5, 0.6) is 5.75 Å². The topological polar surface area (TPSA) is 55.8 Å². The number of rotatable bonds is 2. The number of likely N-dealkylation sites (tertiary alicyclic amines) is 1. The van der Waals surface area contributed by atoms with E-state index in [0.717, 1.165) is 5.56 Å². The molecule has 0 aromatic heterocycles. The highest BCUT2D eigenvalue weighted by molar-refractivity contribution is 5.91. The third kappa shape index (κ3) is 3.54. The van der Waals surface area contributed by atoms with Crippen LogP contribution in [0.1, 0.15) is 38.8 Å². The molecule has 1 unspecified atom stereocenters. The molecule has 1 fully saturated rings. The second-order valence-corrected chi connectivity index (χ2v) is 6.07. The van der Waals surface area contributed by atoms with E-state index < -0.39 is 17.7 Å². The first-order valence-corrected chi connectivity index (χ1v) is 6.98. The maximum absolute atomic E-state index is 12.2. The van der Waals surface area contributed by atoms with Crippen LogP contribution >= 0.6 is 0 Å². The van der Waals surface area contributed by atoms with Gasteiger partial charge in [0.1, 0.15) is 17.4 Å². The Hall–Kier alpha value is -2.04. The van der Waals surface area contributed by atoms with E-state index in [9.17, 15) is 9.59 Å². The number of nitrogens with zero attached hydrogens (tertiary/aromatic N) is 1. The monoisotopic (exact) mass is 291 g/mol. The molecule has 0 saturated carbocycles. The highest BCUT2D eigenvalue weighted by Crippen LogP contribution is 2.31. The lowest BCUT2D eigenvalue weighted by Gasteiger charge is -2.28. The van der Waals surface area contributed by atoms with Gasteiger partial charge in [0.2, 0.25) is 0 Å². The molecule has 5 heteroatoms. The van der Waals surface area contributed by atoms with Crippen LogP contribution in [0, 0.1) is 0 Å². The first-order chi connectivity index (χ1) is 9.81. The molecule has 5 nitrogen and oxygen atoms in total. The number of benzene rings is 1. The zero-order valence-corrected chi connectivity index (χ0v) is 12.9. The highest BCUT2D eigenvalue weighted by Gasteiger charge is 2.38. The average molecular weight is 291 g/mol. The molecule has 1 aliphatic rings. The molecule has 0 N–H and O–H groups in total. The maximum Gasteiger partial charge on any atom is 0.411 e. The molecular weight excluding hydrogens is 270 g/mol. The van der Waals surface area contributed by atoms with Gasteiger partial charge in [-0.25, -0.2) is 4.79 Å². The summed E-state index contributed by atoms with van der Waals surface area (Å²) in [7, 11) is 1.59. The number of carbonyl (C=O) groups is 2. The molecule has 1 atom stereocenters. The van der Waals surface area contributed by atoms with Crippen molar-refractivity contribution in [1.29, 1.82) is 0 Å². The molecular formula is C16H21NO4. The van der Waals surface area contributed by atoms with Gasteiger partial charge in [-0.15, -0.1) is 0 Å². The van der Waals surface area contributed by atoms with E-state index in [4.69, 9.17) is 9.47 Å². The van der Waals surface area contributed by atoms with Crippen LogP contribution in [0.2, 0.25) is 0 Å². The van der Waals surface area contributed by atoms with Crippen molar-refractivity contribution < 1.29 is 19.1 Å². The third-order valence-corrected chi connectivity index (χ3v) is 3.28. The summed E-state index contributed by atoms with van der Waals surface area (Å²) in [4.78, 5) is 25.9. The van der Waals surface area contributed by atoms with Crippen LogP contribution in [0.25, 0.3) is 0 Å². The second-order valence-electron chi connectivity index (χ2n) is 6.07. The number of amides is 1. The number of hydrogen-bond donors (Lipinski definition) is 0. The first-order valence-electron chi connectivity index (χ1n) is 6.98. The van der Waals surface area contributed by atoms with Crippen molar-refractivity contribution in [3.63, 3.8) is 0 Å². The quantitative estimate of drug-likeness (QED) is 0.840. The molecule has 1 aliphatic heterocycles. The fourth-order valence-electron chi connectivity index (χ4n) is 2.34. The van der Waals surface area contributed by atoms with Gasteiger partial charge in [-0.3, -0.25) is 9.69 Å². The summed E-state index contributed by atoms with van der Waals surface area (Å²) in [5.41, 5.74) is 0.205. The lowest BCUT2D eigenvalue weighted by molar-refractivity contribution is -0.120. The highest BCUT2D eigenvalue weighted by atomic mass is 16.6. The summed E-state index contributed by atoms with van der Waals surface area (Å²) in [6, 6.07) is 6.63. The van der Waals surface area contributed by atoms with Crippen molar-refractivity contribution in [3.8, 4) is 5.75 Å². The van der Waals surface area contributed by atoms with E-state index in [1.165, 1.54) is 4.90 Å². The van der Waals surface area contributed by atoms with E-state index in [1.54, 1.807) is 19.2 Å². The van der Waals surface area contributed by atoms with E-state index in [2.05, 4.69) is 0 Å². The van der Waals surface area contributed by atoms with Crippen LogP contribution < -0.4 is 4.74 Å². The Morgan fingerprint density at radius 3 is 2.38 bits per heavy atom. The van der Waals surface area contributed by atoms with Crippen LogP contribution in [-0.2, 0) is 9.53 Å². The minimum Gasteiger partial charge on any atom is -0.497 e. The predicted octanol–water partition coefficient (Wildman–Crippen LogP) is 2.95. The molecule has 114 valence electrons. The Morgan fingerprint density at radius 1 is 1.24 bits per heavy atom. The van der Waals surface area contributed by atoms with Crippen molar-refractivity contribution in [2.24, 2.45) is 0 Å². The van der Waals surface area contributed by atoms with Gasteiger partial charge in [0.05, 0.1) is 7.11 Å². The van der Waals surface area contributed by atoms with Gasteiger partial charge in [0, 0.05) is 13.0 Å². The summed E-state index contributed by atoms with van der Waals surface area (Å²) in [6.07, 6.45) is -0.0928. The van der Waals surface area contributed by atoms with Crippen LogP contribution in [0.3, 0.4) is 0 Å². The average Bonchev–Trinajstić information content (AvgIpc) is 2.79. The molecule has 1 aromatic carbocycles. The van der Waals surface area contributed by atoms with Crippen molar-refractivity contribution in [2.45, 2.75) is 38.8 Å². The minimum absolute atomic E-state index is 0.0334. The zero-order chi connectivity index (χ0) is 15.6. The van der Waals surface area contributed by atoms with Crippen molar-refractivity contribution in [3.05, 3.63) is 29.8 Å². The van der Waals surface area contributed by atoms with Gasteiger partial charge >= 0.3 is 6.09 Å². The molecule has 0 radical (unpaired) electrons. The molecule has 1 amide bonds. The molecule has 2 rings (SSSR count). The number of methoxy groups -OCH3 is 1. The fourth-order valence-corrected chi connectivity index (χ4v) is 2.34. The van der Waals surface area contributed by atoms with E-state index in [0.29, 0.717) is 18.7 Å². The number of ketones is 1. The van der Waals surface area contributed by atoms with Gasteiger partial charge in [-0.1, -0.05) is 12.1 Å². The van der Waals surface area contributed by atoms with Gasteiger partial charge in [-0.2, -0.15) is 0 Å². The van der Waals surface area contributed by atoms with Crippen molar-refractivity contribution in [1.82, 2.24) is 4.90 Å². The minimum atomic E-state index is -0.576. The molecule has 1 heterocycles. The molecule has 0 spiro atoms. The summed E-state index contributed by atoms with van der Waals surface area (Å²) < 4.78 is 10.5. The molecule has 0 aliphatic carbocycles. The Labute approximate surface area is 124 Å². The lowest BCUT2D eigenvalue weighted by atomic mass is 10.0. The first kappa shape index (κ1) is 15.4. The Morgan fingerprint density at radius 2 is 1.86 bits per heavy atom. The smallest absolute Gasteiger partial charge is 0.411 e. The van der Waals surface area contributed by atoms with Gasteiger partial charge in [0.25, 0.3) is 0 Å². The Kier molecular flexibility index (Phi) is 4.21. The summed E-state index contributed by atoms with van der Waals surface area (Å²) >= 11 is 0. The summed E-state index contributed by atoms with van der Waals surface area (Å²) in [5, 5.41) is 0. The van der Waals surface area contributed by atoms with Crippen molar-refractivity contribution >= 4 is 11.9 Å². The third-order valence-electron chi connectivity index (χ3n) is 3.28.